The fourth-order valence-corrected chi connectivity index (χ4v) is 13.3. The molecule has 7 rings (SSSR count). The van der Waals surface area contributed by atoms with Crippen molar-refractivity contribution in [3.05, 3.63) is 25.3 Å². The van der Waals surface area contributed by atoms with Crippen molar-refractivity contribution in [3.8, 4) is 0 Å². The molecule has 3 unspecified atom stereocenters. The molecule has 3 aliphatic rings. The van der Waals surface area contributed by atoms with Gasteiger partial charge in [0.15, 0.2) is 59.3 Å². The Morgan fingerprint density at radius 2 is 1.46 bits per heavy atom. The second-order valence-corrected chi connectivity index (χ2v) is 28.9. The fraction of sp³-hybridized carbons (Fsp3) is 0.652. The third kappa shape index (κ3) is 19.2. The maximum atomic E-state index is 16.6. The minimum Gasteiger partial charge on any atom is -0.481 e. The van der Waals surface area contributed by atoms with Crippen LogP contribution in [0.25, 0.3) is 22.3 Å². The van der Waals surface area contributed by atoms with Crippen molar-refractivity contribution >= 4 is 128 Å². The van der Waals surface area contributed by atoms with E-state index in [1.165, 1.54) is 56.3 Å². The third-order valence-corrected chi connectivity index (χ3v) is 19.3. The number of nitrogens with one attached hydrogen (secondary N) is 2. The standard InChI is InChI=1S/C46H66F2N14O19P2S4/c1-25(42(66)67)19-27(63)50-10-15-72-14-8-29(65)59(5)12-11-58(4)28(64)7-9-46(2,3)87-86-18-17-74-45(69)60(6)13-16-73-44(68)57-37-33-39(54-22-52-37)62(24-56-33)41-31(48)35-43(77-41)78-81-83(71,85)79-34-26(20-75-82(70,84)80-35)76-40(30(34)47)61-23-55-32-36(49)51-21-53-38(32)61/h21-26,30-31,34-35,40-41,43H,7-20H2,1-6H3,(H,50,63)(H,66,67)(H,70,84)(H,71,85)(H2,49,51,53)(H,52,54,57,68)/t25?,26-,30-,31-,34-,35+,40-,41-,43-,82?,83?/m1/s1. The van der Waals surface area contributed by atoms with E-state index in [9.17, 15) is 38.6 Å². The van der Waals surface area contributed by atoms with Gasteiger partial charge in [0.25, 0.3) is 0 Å². The molecule has 4 aromatic heterocycles. The quantitative estimate of drug-likeness (QED) is 0.0228. The maximum Gasteiger partial charge on any atom is 0.412 e. The summed E-state index contributed by atoms with van der Waals surface area (Å²) in [6.45, 7) is -3.57. The van der Waals surface area contributed by atoms with Crippen LogP contribution in [0.1, 0.15) is 58.9 Å². The number of nitrogen functional groups attached to an aromatic ring is 1. The number of hydrogen-bond donors (Lipinski definition) is 6. The van der Waals surface area contributed by atoms with E-state index in [1.807, 2.05) is 13.8 Å². The molecule has 3 saturated heterocycles. The molecule has 4 aromatic rings. The van der Waals surface area contributed by atoms with E-state index in [4.69, 9.17) is 81.3 Å². The number of amides is 5. The number of hydrogen-bond acceptors (Lipinski definition) is 27. The highest BCUT2D eigenvalue weighted by Gasteiger charge is 2.55. The van der Waals surface area contributed by atoms with Gasteiger partial charge in [-0.15, -0.1) is 4.67 Å². The second kappa shape index (κ2) is 31.0. The molecule has 41 heteroatoms. The molecule has 482 valence electrons. The lowest BCUT2D eigenvalue weighted by molar-refractivity contribution is -0.336. The van der Waals surface area contributed by atoms with E-state index in [2.05, 4.69) is 40.5 Å². The first-order valence-electron chi connectivity index (χ1n) is 26.5. The lowest BCUT2D eigenvalue weighted by Crippen LogP contribution is -2.38. The van der Waals surface area contributed by atoms with Gasteiger partial charge in [-0.1, -0.05) is 28.5 Å². The number of carbonyl (C=O) groups excluding carboxylic acids is 5. The molecule has 87 heavy (non-hydrogen) atoms. The van der Waals surface area contributed by atoms with Crippen molar-refractivity contribution in [2.24, 2.45) is 5.92 Å². The van der Waals surface area contributed by atoms with Gasteiger partial charge in [-0.05, 0) is 43.9 Å². The van der Waals surface area contributed by atoms with Gasteiger partial charge >= 0.3 is 31.6 Å². The molecule has 3 aliphatic heterocycles. The van der Waals surface area contributed by atoms with Crippen LogP contribution >= 0.6 is 35.0 Å². The van der Waals surface area contributed by atoms with Crippen LogP contribution < -0.4 is 16.4 Å². The van der Waals surface area contributed by atoms with Crippen molar-refractivity contribution in [2.45, 2.75) is 101 Å². The number of aromatic nitrogens is 8. The summed E-state index contributed by atoms with van der Waals surface area (Å²) in [5.74, 6) is -2.26. The van der Waals surface area contributed by atoms with Crippen LogP contribution in [0.2, 0.25) is 0 Å². The second-order valence-electron chi connectivity index (χ2n) is 20.3. The van der Waals surface area contributed by atoms with Gasteiger partial charge < -0.3 is 68.9 Å². The van der Waals surface area contributed by atoms with Gasteiger partial charge in [-0.25, -0.2) is 48.3 Å². The number of carbonyl (C=O) groups is 6. The molecule has 5 amide bonds. The molecule has 0 radical (unpaired) electrons. The van der Waals surface area contributed by atoms with Crippen LogP contribution in [-0.4, -0.2) is 232 Å². The number of ether oxygens (including phenoxy) is 5. The first-order chi connectivity index (χ1) is 41.1. The lowest BCUT2D eigenvalue weighted by Gasteiger charge is -2.29. The van der Waals surface area contributed by atoms with Crippen LogP contribution in [0, 0.1) is 5.92 Å². The molecule has 0 saturated carbocycles. The van der Waals surface area contributed by atoms with E-state index < -0.39 is 99.4 Å². The van der Waals surface area contributed by atoms with Crippen molar-refractivity contribution in [1.82, 2.24) is 59.1 Å². The average Bonchev–Trinajstić information content (AvgIpc) is 1.86. The monoisotopic (exact) mass is 1350 g/mol. The van der Waals surface area contributed by atoms with Crippen LogP contribution in [0.3, 0.4) is 0 Å². The first-order valence-corrected chi connectivity index (χ1v) is 34.0. The van der Waals surface area contributed by atoms with Gasteiger partial charge in [-0.3, -0.25) is 42.7 Å². The van der Waals surface area contributed by atoms with E-state index in [1.54, 1.807) is 19.0 Å². The van der Waals surface area contributed by atoms with Gasteiger partial charge in [0, 0.05) is 64.1 Å². The summed E-state index contributed by atoms with van der Waals surface area (Å²) in [6, 6.07) is 0. The van der Waals surface area contributed by atoms with E-state index in [0.717, 1.165) is 23.5 Å². The summed E-state index contributed by atoms with van der Waals surface area (Å²) < 4.78 is 84.1. The number of alkyl halides is 2. The molecule has 0 spiro atoms. The van der Waals surface area contributed by atoms with E-state index in [0.29, 0.717) is 25.3 Å². The highest BCUT2D eigenvalue weighted by molar-refractivity contribution is 8.77. The molecule has 3 fully saturated rings. The Morgan fingerprint density at radius 3 is 2.16 bits per heavy atom. The highest BCUT2D eigenvalue weighted by Crippen LogP contribution is 2.55. The fourth-order valence-electron chi connectivity index (χ4n) is 8.31. The molecule has 0 bridgehead atoms. The number of nitrogens with zero attached hydrogens (tertiary/aromatic N) is 11. The van der Waals surface area contributed by atoms with Gasteiger partial charge in [0.2, 0.25) is 24.0 Å². The predicted molar refractivity (Wildman–Crippen MR) is 311 cm³/mol. The summed E-state index contributed by atoms with van der Waals surface area (Å²) in [4.78, 5) is 130. The third-order valence-electron chi connectivity index (χ3n) is 13.2. The number of anilines is 2. The molecular formula is C46H66F2N14O19P2S4. The number of nitrogens with two attached hydrogens (primary N) is 1. The Hall–Kier alpha value is -5.22. The van der Waals surface area contributed by atoms with E-state index >= 15 is 8.78 Å². The number of likely N-dealkylation sites (N-methyl/N-ethyl adjacent to an activating group) is 3. The largest absolute Gasteiger partial charge is 0.481 e. The first kappa shape index (κ1) is 69.3. The van der Waals surface area contributed by atoms with E-state index in [-0.39, 0.29) is 109 Å². The van der Waals surface area contributed by atoms with Crippen LogP contribution in [0.15, 0.2) is 25.3 Å². The number of halogens is 2. The van der Waals surface area contributed by atoms with Crippen LogP contribution in [-0.2, 0) is 89.6 Å². The summed E-state index contributed by atoms with van der Waals surface area (Å²) in [7, 11) is 7.75. The molecule has 0 aliphatic carbocycles. The van der Waals surface area contributed by atoms with Crippen molar-refractivity contribution in [1.29, 1.82) is 0 Å². The van der Waals surface area contributed by atoms with Crippen LogP contribution in [0.4, 0.5) is 30.0 Å². The number of aliphatic carboxylic acids is 1. The SMILES string of the molecule is CC(CC(=O)NCCOCCC(=O)N(C)CCN(C)C(=O)CCC(C)(C)SSCCOC(=O)N(C)CCOC(=O)Nc1ncnc2c1ncn2[C@@H]1O[C@@H]2OOP(O)(=S)O[C@H]3[C@@H](F)[C@H](n4cnc5c(N)ncnc54)O[C@@H]3COP(O)(=S)O[C@H]2[C@H]1F)C(=O)O. The predicted octanol–water partition coefficient (Wildman–Crippen LogP) is 2.97. The van der Waals surface area contributed by atoms with Gasteiger partial charge in [0.1, 0.15) is 43.6 Å². The summed E-state index contributed by atoms with van der Waals surface area (Å²) >= 11 is 10.3. The number of rotatable bonds is 26. The van der Waals surface area contributed by atoms with Crippen LogP contribution in [0.5, 0.6) is 0 Å². The van der Waals surface area contributed by atoms with Gasteiger partial charge in [0.05, 0.1) is 51.4 Å². The molecule has 7 heterocycles. The normalized spacial score (nSPS) is 25.3. The number of imidazole rings is 2. The Kier molecular flexibility index (Phi) is 24.7. The Bertz CT molecular complexity index is 3190. The Morgan fingerprint density at radius 1 is 0.828 bits per heavy atom. The van der Waals surface area contributed by atoms with Gasteiger partial charge in [-0.2, -0.15) is 4.89 Å². The number of carboxylic acids is 1. The summed E-state index contributed by atoms with van der Waals surface area (Å²) in [5.41, 5.74) is 5.94. The zero-order chi connectivity index (χ0) is 63.4. The topological polar surface area (TPSA) is 402 Å². The minimum atomic E-state index is -4.61. The number of fused-ring (bicyclic) bond motifs is 4. The number of carboxylic acid groups (broad SMARTS) is 1. The van der Waals surface area contributed by atoms with Crippen molar-refractivity contribution in [3.63, 3.8) is 0 Å². The molecular weight excluding hydrogens is 1280 g/mol. The Balaban J connectivity index is 0.789. The molecule has 0 aromatic carbocycles. The average molecular weight is 1350 g/mol. The zero-order valence-corrected chi connectivity index (χ0v) is 52.6. The molecule has 33 nitrogen and oxygen atoms in total. The minimum absolute atomic E-state index is 0.00535. The molecule has 7 N–H and O–H groups in total. The summed E-state index contributed by atoms with van der Waals surface area (Å²) in [5, 5.41) is 13.9. The smallest absolute Gasteiger partial charge is 0.412 e. The van der Waals surface area contributed by atoms with Crippen molar-refractivity contribution in [2.75, 3.05) is 97.2 Å². The maximum absolute atomic E-state index is 16.6. The summed E-state index contributed by atoms with van der Waals surface area (Å²) in [6.07, 6.45) is -11.3. The zero-order valence-electron chi connectivity index (χ0n) is 47.6. The van der Waals surface area contributed by atoms with Crippen molar-refractivity contribution < 1.29 is 99.3 Å². The Labute approximate surface area is 513 Å². The lowest BCUT2D eigenvalue weighted by atomic mass is 10.1. The highest BCUT2D eigenvalue weighted by atomic mass is 33.1. The molecule has 11 atom stereocenters.